The second kappa shape index (κ2) is 7.22. The van der Waals surface area contributed by atoms with Crippen LogP contribution in [0.5, 0.6) is 0 Å². The second-order valence-electron chi connectivity index (χ2n) is 6.34. The summed E-state index contributed by atoms with van der Waals surface area (Å²) in [6.45, 7) is 0. The van der Waals surface area contributed by atoms with Crippen molar-refractivity contribution in [1.82, 2.24) is 9.66 Å². The van der Waals surface area contributed by atoms with E-state index in [4.69, 9.17) is 4.98 Å². The molecule has 6 heteroatoms. The summed E-state index contributed by atoms with van der Waals surface area (Å²) in [5, 5.41) is 7.11. The third kappa shape index (κ3) is 3.46. The lowest BCUT2D eigenvalue weighted by Crippen LogP contribution is -2.25. The van der Waals surface area contributed by atoms with Crippen molar-refractivity contribution in [2.75, 3.05) is 0 Å². The number of hydrogen-bond donors (Lipinski definition) is 0. The molecule has 1 fully saturated rings. The van der Waals surface area contributed by atoms with Gasteiger partial charge in [-0.15, -0.1) is 11.3 Å². The third-order valence-corrected chi connectivity index (χ3v) is 5.95. The van der Waals surface area contributed by atoms with Crippen molar-refractivity contribution in [2.45, 2.75) is 38.0 Å². The first-order valence-electron chi connectivity index (χ1n) is 8.52. The Balaban J connectivity index is 1.89. The predicted octanol–water partition coefficient (Wildman–Crippen LogP) is 5.15. The summed E-state index contributed by atoms with van der Waals surface area (Å²) in [6, 6.07) is 9.63. The highest BCUT2D eigenvalue weighted by molar-refractivity contribution is 9.10. The van der Waals surface area contributed by atoms with Crippen LogP contribution in [0.2, 0.25) is 0 Å². The topological polar surface area (TPSA) is 47.2 Å². The van der Waals surface area contributed by atoms with Crippen molar-refractivity contribution in [3.05, 3.63) is 61.2 Å². The molecule has 0 bridgehead atoms. The number of halogens is 1. The van der Waals surface area contributed by atoms with Gasteiger partial charge < -0.3 is 0 Å². The summed E-state index contributed by atoms with van der Waals surface area (Å²) in [5.41, 5.74) is 0.649. The Morgan fingerprint density at radius 1 is 1.24 bits per heavy atom. The van der Waals surface area contributed by atoms with Gasteiger partial charge in [-0.25, -0.2) is 4.98 Å². The number of aromatic nitrogens is 2. The number of hydrogen-bond acceptors (Lipinski definition) is 4. The molecule has 0 saturated heterocycles. The number of fused-ring (bicyclic) bond motifs is 1. The van der Waals surface area contributed by atoms with Gasteiger partial charge in [0.2, 0.25) is 0 Å². The summed E-state index contributed by atoms with van der Waals surface area (Å²) in [7, 11) is 0. The van der Waals surface area contributed by atoms with Gasteiger partial charge >= 0.3 is 0 Å². The largest absolute Gasteiger partial charge is 0.282 e. The molecule has 1 aromatic carbocycles. The van der Waals surface area contributed by atoms with Gasteiger partial charge in [-0.3, -0.25) is 4.79 Å². The number of thiophene rings is 1. The summed E-state index contributed by atoms with van der Waals surface area (Å²) in [4.78, 5) is 19.0. The third-order valence-electron chi connectivity index (χ3n) is 4.65. The maximum absolute atomic E-state index is 13.1. The molecule has 0 aliphatic heterocycles. The standard InChI is InChI=1S/C19H18BrN3OS/c20-14-8-9-17-16(11-14)19(24)23(21-12-15-7-4-10-25-15)18(22-17)13-5-2-1-3-6-13/h4,7-13H,1-3,5-6H2. The van der Waals surface area contributed by atoms with E-state index < -0.39 is 0 Å². The Morgan fingerprint density at radius 3 is 2.84 bits per heavy atom. The van der Waals surface area contributed by atoms with Crippen LogP contribution in [0, 0.1) is 0 Å². The van der Waals surface area contributed by atoms with Gasteiger partial charge in [0.05, 0.1) is 17.1 Å². The molecular weight excluding hydrogens is 398 g/mol. The van der Waals surface area contributed by atoms with E-state index in [0.29, 0.717) is 11.3 Å². The summed E-state index contributed by atoms with van der Waals surface area (Å²) < 4.78 is 2.39. The molecule has 4 rings (SSSR count). The van der Waals surface area contributed by atoms with Gasteiger partial charge in [0.15, 0.2) is 0 Å². The average molecular weight is 416 g/mol. The number of benzene rings is 1. The molecule has 0 radical (unpaired) electrons. The van der Waals surface area contributed by atoms with Gasteiger partial charge in [-0.05, 0) is 42.5 Å². The van der Waals surface area contributed by atoms with E-state index in [-0.39, 0.29) is 5.56 Å². The van der Waals surface area contributed by atoms with Crippen LogP contribution in [0.3, 0.4) is 0 Å². The smallest absolute Gasteiger partial charge is 0.267 e. The lowest BCUT2D eigenvalue weighted by Gasteiger charge is -2.22. The first kappa shape index (κ1) is 16.7. The lowest BCUT2D eigenvalue weighted by molar-refractivity contribution is 0.416. The molecule has 0 spiro atoms. The van der Waals surface area contributed by atoms with E-state index in [0.717, 1.165) is 33.5 Å². The van der Waals surface area contributed by atoms with Crippen molar-refractivity contribution < 1.29 is 0 Å². The van der Waals surface area contributed by atoms with Gasteiger partial charge in [-0.1, -0.05) is 41.3 Å². The van der Waals surface area contributed by atoms with Gasteiger partial charge in [-0.2, -0.15) is 9.78 Å². The molecule has 0 amide bonds. The molecule has 1 aliphatic rings. The summed E-state index contributed by atoms with van der Waals surface area (Å²) >= 11 is 5.05. The van der Waals surface area contributed by atoms with Crippen LogP contribution in [0.1, 0.15) is 48.7 Å². The SMILES string of the molecule is O=c1c2cc(Br)ccc2nc(C2CCCCC2)n1N=Cc1cccs1. The molecule has 0 atom stereocenters. The molecule has 1 saturated carbocycles. The molecule has 0 N–H and O–H groups in total. The quantitative estimate of drug-likeness (QED) is 0.555. The first-order valence-corrected chi connectivity index (χ1v) is 10.2. The molecule has 1 aliphatic carbocycles. The van der Waals surface area contributed by atoms with Crippen LogP contribution in [-0.4, -0.2) is 15.9 Å². The summed E-state index contributed by atoms with van der Waals surface area (Å²) in [6.07, 6.45) is 7.54. The molecular formula is C19H18BrN3OS. The fourth-order valence-electron chi connectivity index (χ4n) is 3.38. The highest BCUT2D eigenvalue weighted by atomic mass is 79.9. The Kier molecular flexibility index (Phi) is 4.81. The highest BCUT2D eigenvalue weighted by Crippen LogP contribution is 2.32. The molecule has 3 aromatic rings. The number of rotatable bonds is 3. The maximum Gasteiger partial charge on any atom is 0.282 e. The van der Waals surface area contributed by atoms with E-state index in [9.17, 15) is 4.79 Å². The minimum absolute atomic E-state index is 0.0975. The van der Waals surface area contributed by atoms with E-state index in [1.54, 1.807) is 17.6 Å². The predicted molar refractivity (Wildman–Crippen MR) is 107 cm³/mol. The second-order valence-corrected chi connectivity index (χ2v) is 8.24. The van der Waals surface area contributed by atoms with Crippen molar-refractivity contribution >= 4 is 44.4 Å². The van der Waals surface area contributed by atoms with Crippen LogP contribution >= 0.6 is 27.3 Å². The molecule has 4 nitrogen and oxygen atoms in total. The lowest BCUT2D eigenvalue weighted by atomic mass is 9.88. The normalized spacial score (nSPS) is 16.0. The fourth-order valence-corrected chi connectivity index (χ4v) is 4.32. The van der Waals surface area contributed by atoms with Crippen molar-refractivity contribution in [3.63, 3.8) is 0 Å². The van der Waals surface area contributed by atoms with Gasteiger partial charge in [0.1, 0.15) is 5.82 Å². The monoisotopic (exact) mass is 415 g/mol. The minimum atomic E-state index is -0.0975. The van der Waals surface area contributed by atoms with Crippen molar-refractivity contribution in [2.24, 2.45) is 5.10 Å². The van der Waals surface area contributed by atoms with E-state index in [2.05, 4.69) is 21.0 Å². The van der Waals surface area contributed by atoms with Crippen LogP contribution in [0.15, 0.2) is 50.1 Å². The zero-order valence-corrected chi connectivity index (χ0v) is 16.1. The van der Waals surface area contributed by atoms with E-state index in [1.165, 1.54) is 23.9 Å². The average Bonchev–Trinajstić information content (AvgIpc) is 3.15. The van der Waals surface area contributed by atoms with Crippen LogP contribution in [0.4, 0.5) is 0 Å². The zero-order chi connectivity index (χ0) is 17.2. The van der Waals surface area contributed by atoms with E-state index in [1.807, 2.05) is 35.7 Å². The van der Waals surface area contributed by atoms with Crippen molar-refractivity contribution in [1.29, 1.82) is 0 Å². The molecule has 0 unspecified atom stereocenters. The summed E-state index contributed by atoms with van der Waals surface area (Å²) in [5.74, 6) is 1.10. The van der Waals surface area contributed by atoms with Gasteiger partial charge in [0.25, 0.3) is 5.56 Å². The Labute approximate surface area is 158 Å². The molecule has 25 heavy (non-hydrogen) atoms. The Bertz CT molecular complexity index is 972. The minimum Gasteiger partial charge on any atom is -0.267 e. The number of nitrogens with zero attached hydrogens (tertiary/aromatic N) is 3. The Morgan fingerprint density at radius 2 is 2.08 bits per heavy atom. The molecule has 2 heterocycles. The van der Waals surface area contributed by atoms with Crippen LogP contribution in [0.25, 0.3) is 10.9 Å². The fraction of sp³-hybridized carbons (Fsp3) is 0.316. The zero-order valence-electron chi connectivity index (χ0n) is 13.7. The molecule has 2 aromatic heterocycles. The maximum atomic E-state index is 13.1. The van der Waals surface area contributed by atoms with E-state index >= 15 is 0 Å². The Hall–Kier alpha value is -1.79. The van der Waals surface area contributed by atoms with Crippen LogP contribution in [-0.2, 0) is 0 Å². The highest BCUT2D eigenvalue weighted by Gasteiger charge is 2.22. The van der Waals surface area contributed by atoms with Crippen LogP contribution < -0.4 is 5.56 Å². The van der Waals surface area contributed by atoms with Gasteiger partial charge in [0, 0.05) is 15.3 Å². The van der Waals surface area contributed by atoms with Crippen molar-refractivity contribution in [3.8, 4) is 0 Å². The molecule has 128 valence electrons. The first-order chi connectivity index (χ1) is 12.2.